The number of rotatable bonds is 1. The van der Waals surface area contributed by atoms with Crippen molar-refractivity contribution in [2.75, 3.05) is 11.5 Å². The zero-order valence-corrected chi connectivity index (χ0v) is 13.0. The predicted octanol–water partition coefficient (Wildman–Crippen LogP) is 5.86. The lowest BCUT2D eigenvalue weighted by Crippen LogP contribution is -2.13. The van der Waals surface area contributed by atoms with Crippen molar-refractivity contribution in [2.45, 2.75) is 12.4 Å². The van der Waals surface area contributed by atoms with E-state index >= 15 is 0 Å². The Labute approximate surface area is 141 Å². The lowest BCUT2D eigenvalue weighted by Gasteiger charge is -2.21. The molecule has 24 heavy (non-hydrogen) atoms. The van der Waals surface area contributed by atoms with Crippen molar-refractivity contribution in [1.82, 2.24) is 0 Å². The number of hydrogen-bond acceptors (Lipinski definition) is 2. The summed E-state index contributed by atoms with van der Waals surface area (Å²) in [7, 11) is 0. The number of nitrogens with two attached hydrogens (primary N) is 2. The summed E-state index contributed by atoms with van der Waals surface area (Å²) in [5.74, 6) is 0. The van der Waals surface area contributed by atoms with Crippen LogP contribution in [0.1, 0.15) is 11.1 Å². The molecular formula is C14H8Cl2F6N2. The standard InChI is InChI=1S/C14H8Cl2F6N2/c15-9-3-5(23)1-7(13(17,18)19)11(9)12-8(14(20,21)22)2-6(24)4-10(12)16/h1-4H,23-24H2. The van der Waals surface area contributed by atoms with Crippen LogP contribution >= 0.6 is 23.2 Å². The molecule has 0 aliphatic carbocycles. The fourth-order valence-electron chi connectivity index (χ4n) is 2.21. The monoisotopic (exact) mass is 388 g/mol. The van der Waals surface area contributed by atoms with Gasteiger partial charge in [-0.2, -0.15) is 26.3 Å². The Balaban J connectivity index is 2.98. The molecule has 4 N–H and O–H groups in total. The molecular weight excluding hydrogens is 381 g/mol. The first-order valence-corrected chi connectivity index (χ1v) is 6.90. The number of anilines is 2. The number of hydrogen-bond donors (Lipinski definition) is 2. The van der Waals surface area contributed by atoms with Gasteiger partial charge in [0.1, 0.15) is 0 Å². The molecule has 0 amide bonds. The molecule has 0 bridgehead atoms. The van der Waals surface area contributed by atoms with Gasteiger partial charge in [0.25, 0.3) is 0 Å². The average Bonchev–Trinajstić information content (AvgIpc) is 2.36. The van der Waals surface area contributed by atoms with E-state index in [4.69, 9.17) is 34.7 Å². The van der Waals surface area contributed by atoms with E-state index in [1.54, 1.807) is 0 Å². The van der Waals surface area contributed by atoms with E-state index < -0.39 is 44.7 Å². The highest BCUT2D eigenvalue weighted by atomic mass is 35.5. The van der Waals surface area contributed by atoms with Crippen molar-refractivity contribution in [3.8, 4) is 11.1 Å². The van der Waals surface area contributed by atoms with Crippen LogP contribution in [-0.2, 0) is 12.4 Å². The van der Waals surface area contributed by atoms with Crippen molar-refractivity contribution in [1.29, 1.82) is 0 Å². The first-order valence-electron chi connectivity index (χ1n) is 6.15. The predicted molar refractivity (Wildman–Crippen MR) is 80.7 cm³/mol. The maximum Gasteiger partial charge on any atom is 0.417 e. The normalized spacial score (nSPS) is 12.5. The summed E-state index contributed by atoms with van der Waals surface area (Å²) in [5.41, 5.74) is 5.29. The van der Waals surface area contributed by atoms with E-state index in [0.29, 0.717) is 12.1 Å². The molecule has 0 saturated carbocycles. The summed E-state index contributed by atoms with van der Waals surface area (Å²) < 4.78 is 79.6. The Morgan fingerprint density at radius 3 is 1.17 bits per heavy atom. The zero-order chi connectivity index (χ0) is 18.4. The molecule has 0 aliphatic rings. The fourth-order valence-corrected chi connectivity index (χ4v) is 2.86. The van der Waals surface area contributed by atoms with E-state index in [-0.39, 0.29) is 11.4 Å². The third-order valence-corrected chi connectivity index (χ3v) is 3.68. The summed E-state index contributed by atoms with van der Waals surface area (Å²) in [6.45, 7) is 0. The highest BCUT2D eigenvalue weighted by Crippen LogP contribution is 2.49. The minimum atomic E-state index is -5.00. The molecule has 0 radical (unpaired) electrons. The molecule has 2 rings (SSSR count). The highest BCUT2D eigenvalue weighted by molar-refractivity contribution is 6.37. The summed E-state index contributed by atoms with van der Waals surface area (Å²) >= 11 is 11.5. The van der Waals surface area contributed by atoms with Crippen LogP contribution in [-0.4, -0.2) is 0 Å². The lowest BCUT2D eigenvalue weighted by molar-refractivity contribution is -0.139. The Hall–Kier alpha value is -1.80. The minimum absolute atomic E-state index is 0.351. The third kappa shape index (κ3) is 3.49. The Bertz CT molecular complexity index is 732. The molecule has 0 aromatic heterocycles. The van der Waals surface area contributed by atoms with Gasteiger partial charge in [0.2, 0.25) is 0 Å². The highest BCUT2D eigenvalue weighted by Gasteiger charge is 2.40. The second kappa shape index (κ2) is 5.93. The zero-order valence-electron chi connectivity index (χ0n) is 11.5. The van der Waals surface area contributed by atoms with E-state index in [1.807, 2.05) is 0 Å². The van der Waals surface area contributed by atoms with Crippen molar-refractivity contribution >= 4 is 34.6 Å². The van der Waals surface area contributed by atoms with E-state index in [2.05, 4.69) is 0 Å². The number of halogens is 8. The summed E-state index contributed by atoms with van der Waals surface area (Å²) in [5, 5.41) is -1.22. The molecule has 0 fully saturated rings. The van der Waals surface area contributed by atoms with Gasteiger partial charge in [-0.15, -0.1) is 0 Å². The van der Waals surface area contributed by atoms with Gasteiger partial charge in [0.15, 0.2) is 0 Å². The molecule has 0 spiro atoms. The summed E-state index contributed by atoms with van der Waals surface area (Å²) in [6, 6.07) is 2.82. The smallest absolute Gasteiger partial charge is 0.399 e. The quantitative estimate of drug-likeness (QED) is 0.474. The lowest BCUT2D eigenvalue weighted by atomic mass is 9.93. The molecule has 0 aliphatic heterocycles. The van der Waals surface area contributed by atoms with Crippen LogP contribution in [0, 0.1) is 0 Å². The average molecular weight is 389 g/mol. The van der Waals surface area contributed by atoms with Crippen LogP contribution in [0.15, 0.2) is 24.3 Å². The Kier molecular flexibility index (Phi) is 4.58. The van der Waals surface area contributed by atoms with E-state index in [9.17, 15) is 26.3 Å². The van der Waals surface area contributed by atoms with Crippen molar-refractivity contribution in [3.63, 3.8) is 0 Å². The van der Waals surface area contributed by atoms with Crippen LogP contribution < -0.4 is 11.5 Å². The second-order valence-corrected chi connectivity index (χ2v) is 5.66. The van der Waals surface area contributed by atoms with Crippen molar-refractivity contribution < 1.29 is 26.3 Å². The number of nitrogen functional groups attached to an aromatic ring is 2. The number of benzene rings is 2. The largest absolute Gasteiger partial charge is 0.417 e. The second-order valence-electron chi connectivity index (χ2n) is 4.85. The van der Waals surface area contributed by atoms with Gasteiger partial charge in [-0.3, -0.25) is 0 Å². The Morgan fingerprint density at radius 2 is 0.917 bits per heavy atom. The van der Waals surface area contributed by atoms with Gasteiger partial charge in [0.05, 0.1) is 21.2 Å². The van der Waals surface area contributed by atoms with Gasteiger partial charge >= 0.3 is 12.4 Å². The molecule has 0 heterocycles. The number of alkyl halides is 6. The van der Waals surface area contributed by atoms with Gasteiger partial charge in [-0.1, -0.05) is 23.2 Å². The van der Waals surface area contributed by atoms with Crippen molar-refractivity contribution in [2.24, 2.45) is 0 Å². The van der Waals surface area contributed by atoms with Gasteiger partial charge in [0, 0.05) is 22.5 Å². The molecule has 2 aromatic carbocycles. The van der Waals surface area contributed by atoms with Gasteiger partial charge in [-0.05, 0) is 24.3 Å². The maximum atomic E-state index is 13.3. The van der Waals surface area contributed by atoms with Crippen molar-refractivity contribution in [3.05, 3.63) is 45.4 Å². The molecule has 2 aromatic rings. The van der Waals surface area contributed by atoms with E-state index in [0.717, 1.165) is 12.1 Å². The summed E-state index contributed by atoms with van der Waals surface area (Å²) in [4.78, 5) is 0. The first kappa shape index (κ1) is 18.5. The maximum absolute atomic E-state index is 13.3. The Morgan fingerprint density at radius 1 is 0.625 bits per heavy atom. The molecule has 0 unspecified atom stereocenters. The fraction of sp³-hybridized carbons (Fsp3) is 0.143. The third-order valence-electron chi connectivity index (χ3n) is 3.09. The molecule has 2 nitrogen and oxygen atoms in total. The topological polar surface area (TPSA) is 52.0 Å². The molecule has 0 saturated heterocycles. The molecule has 10 heteroatoms. The minimum Gasteiger partial charge on any atom is -0.399 e. The SMILES string of the molecule is Nc1cc(Cl)c(-c2c(Cl)cc(N)cc2C(F)(F)F)c(C(F)(F)F)c1. The van der Waals surface area contributed by atoms with Crippen LogP contribution in [0.25, 0.3) is 11.1 Å². The first-order chi connectivity index (χ1) is 10.8. The van der Waals surface area contributed by atoms with E-state index in [1.165, 1.54) is 0 Å². The van der Waals surface area contributed by atoms with Gasteiger partial charge < -0.3 is 11.5 Å². The van der Waals surface area contributed by atoms with Crippen LogP contribution in [0.2, 0.25) is 10.0 Å². The molecule has 130 valence electrons. The van der Waals surface area contributed by atoms with Crippen LogP contribution in [0.3, 0.4) is 0 Å². The molecule has 0 atom stereocenters. The van der Waals surface area contributed by atoms with Crippen LogP contribution in [0.5, 0.6) is 0 Å². The van der Waals surface area contributed by atoms with Crippen LogP contribution in [0.4, 0.5) is 37.7 Å². The summed E-state index contributed by atoms with van der Waals surface area (Å²) in [6.07, 6.45) is -10.00. The van der Waals surface area contributed by atoms with Gasteiger partial charge in [-0.25, -0.2) is 0 Å².